The summed E-state index contributed by atoms with van der Waals surface area (Å²) in [5.41, 5.74) is -0.848. The number of rotatable bonds is 2. The van der Waals surface area contributed by atoms with Gasteiger partial charge >= 0.3 is 6.18 Å². The molecule has 2 saturated heterocycles. The summed E-state index contributed by atoms with van der Waals surface area (Å²) in [5.74, 6) is 1.93. The van der Waals surface area contributed by atoms with Gasteiger partial charge < -0.3 is 9.80 Å². The third kappa shape index (κ3) is 3.93. The van der Waals surface area contributed by atoms with Crippen LogP contribution in [0.1, 0.15) is 18.5 Å². The van der Waals surface area contributed by atoms with Crippen molar-refractivity contribution in [2.45, 2.75) is 19.0 Å². The highest BCUT2D eigenvalue weighted by atomic mass is 32.2. The number of carbonyl (C=O) groups is 1. The van der Waals surface area contributed by atoms with Gasteiger partial charge in [0.2, 0.25) is 5.91 Å². The molecule has 9 heteroatoms. The second-order valence-electron chi connectivity index (χ2n) is 5.74. The van der Waals surface area contributed by atoms with Crippen LogP contribution in [0.5, 0.6) is 0 Å². The minimum absolute atomic E-state index is 0.134. The molecule has 2 aliphatic heterocycles. The van der Waals surface area contributed by atoms with Crippen LogP contribution in [0.15, 0.2) is 5.38 Å². The first kappa shape index (κ1) is 16.9. The molecule has 0 radical (unpaired) electrons. The Morgan fingerprint density at radius 1 is 1.26 bits per heavy atom. The van der Waals surface area contributed by atoms with Crippen molar-refractivity contribution in [3.63, 3.8) is 0 Å². The number of nitrogens with zero attached hydrogens (tertiary/aromatic N) is 3. The van der Waals surface area contributed by atoms with Crippen molar-refractivity contribution < 1.29 is 18.0 Å². The van der Waals surface area contributed by atoms with Gasteiger partial charge in [-0.1, -0.05) is 0 Å². The summed E-state index contributed by atoms with van der Waals surface area (Å²) in [6, 6.07) is 0. The van der Waals surface area contributed by atoms with Gasteiger partial charge in [-0.05, 0) is 12.8 Å². The van der Waals surface area contributed by atoms with Gasteiger partial charge in [0.25, 0.3) is 0 Å². The highest BCUT2D eigenvalue weighted by Crippen LogP contribution is 2.34. The van der Waals surface area contributed by atoms with E-state index in [-0.39, 0.29) is 11.8 Å². The number of aromatic nitrogens is 1. The molecule has 1 atom stereocenters. The first-order valence-corrected chi connectivity index (χ1v) is 9.63. The van der Waals surface area contributed by atoms with Crippen LogP contribution in [0, 0.1) is 5.92 Å². The van der Waals surface area contributed by atoms with E-state index < -0.39 is 11.9 Å². The van der Waals surface area contributed by atoms with E-state index in [1.807, 2.05) is 21.6 Å². The SMILES string of the molecule is O=C(C1CCCN(c2nc(C(F)(F)F)cs2)C1)N1CCSCC1. The van der Waals surface area contributed by atoms with Gasteiger partial charge in [-0.3, -0.25) is 4.79 Å². The molecule has 0 spiro atoms. The third-order valence-corrected chi connectivity index (χ3v) is 5.99. The van der Waals surface area contributed by atoms with Gasteiger partial charge in [-0.2, -0.15) is 24.9 Å². The van der Waals surface area contributed by atoms with Gasteiger partial charge in [0.05, 0.1) is 5.92 Å². The summed E-state index contributed by atoms with van der Waals surface area (Å²) in [7, 11) is 0. The van der Waals surface area contributed by atoms with Crippen LogP contribution in [-0.2, 0) is 11.0 Å². The summed E-state index contributed by atoms with van der Waals surface area (Å²) < 4.78 is 38.0. The molecule has 3 heterocycles. The zero-order valence-electron chi connectivity index (χ0n) is 12.5. The lowest BCUT2D eigenvalue weighted by atomic mass is 9.97. The molecule has 23 heavy (non-hydrogen) atoms. The highest BCUT2D eigenvalue weighted by Gasteiger charge is 2.36. The number of anilines is 1. The maximum absolute atomic E-state index is 12.7. The Morgan fingerprint density at radius 2 is 2.00 bits per heavy atom. The normalized spacial score (nSPS) is 23.2. The monoisotopic (exact) mass is 365 g/mol. The molecule has 1 aromatic heterocycles. The fraction of sp³-hybridized carbons (Fsp3) is 0.714. The molecule has 3 rings (SSSR count). The largest absolute Gasteiger partial charge is 0.434 e. The van der Waals surface area contributed by atoms with Crippen molar-refractivity contribution in [3.05, 3.63) is 11.1 Å². The van der Waals surface area contributed by atoms with Gasteiger partial charge in [0.1, 0.15) is 0 Å². The Kier molecular flexibility index (Phi) is 5.05. The third-order valence-electron chi connectivity index (χ3n) is 4.15. The minimum Gasteiger partial charge on any atom is -0.347 e. The van der Waals surface area contributed by atoms with Crippen molar-refractivity contribution in [1.29, 1.82) is 0 Å². The molecule has 0 bridgehead atoms. The molecule has 2 aliphatic rings. The van der Waals surface area contributed by atoms with Crippen molar-refractivity contribution in [3.8, 4) is 0 Å². The van der Waals surface area contributed by atoms with E-state index in [0.29, 0.717) is 18.2 Å². The first-order chi connectivity index (χ1) is 10.9. The number of carbonyl (C=O) groups excluding carboxylic acids is 1. The van der Waals surface area contributed by atoms with Crippen molar-refractivity contribution in [2.75, 3.05) is 42.6 Å². The molecule has 0 saturated carbocycles. The average Bonchev–Trinajstić information content (AvgIpc) is 3.05. The quantitative estimate of drug-likeness (QED) is 0.807. The molecule has 4 nitrogen and oxygen atoms in total. The number of hydrogen-bond acceptors (Lipinski definition) is 5. The van der Waals surface area contributed by atoms with Crippen LogP contribution in [-0.4, -0.2) is 53.5 Å². The Balaban J connectivity index is 1.66. The number of amides is 1. The molecule has 1 unspecified atom stereocenters. The lowest BCUT2D eigenvalue weighted by Crippen LogP contribution is -2.47. The fourth-order valence-electron chi connectivity index (χ4n) is 2.93. The summed E-state index contributed by atoms with van der Waals surface area (Å²) in [5, 5.41) is 1.41. The summed E-state index contributed by atoms with van der Waals surface area (Å²) in [6.45, 7) is 2.67. The van der Waals surface area contributed by atoms with Gasteiger partial charge in [0, 0.05) is 43.1 Å². The molecule has 0 N–H and O–H groups in total. The molecule has 1 amide bonds. The first-order valence-electron chi connectivity index (χ1n) is 7.59. The number of piperidine rings is 1. The molecular formula is C14H18F3N3OS2. The van der Waals surface area contributed by atoms with E-state index in [1.54, 1.807) is 0 Å². The second-order valence-corrected chi connectivity index (χ2v) is 7.80. The lowest BCUT2D eigenvalue weighted by molar-refractivity contribution is -0.140. The summed E-state index contributed by atoms with van der Waals surface area (Å²) >= 11 is 2.84. The molecular weight excluding hydrogens is 347 g/mol. The van der Waals surface area contributed by atoms with E-state index in [4.69, 9.17) is 0 Å². The number of thioether (sulfide) groups is 1. The Morgan fingerprint density at radius 3 is 2.65 bits per heavy atom. The molecule has 128 valence electrons. The zero-order chi connectivity index (χ0) is 16.4. The predicted octanol–water partition coefficient (Wildman–Crippen LogP) is 2.95. The Hall–Kier alpha value is -0.960. The van der Waals surface area contributed by atoms with Gasteiger partial charge in [-0.15, -0.1) is 11.3 Å². The fourth-order valence-corrected chi connectivity index (χ4v) is 4.71. The van der Waals surface area contributed by atoms with Crippen LogP contribution in [0.3, 0.4) is 0 Å². The molecule has 0 aliphatic carbocycles. The van der Waals surface area contributed by atoms with E-state index in [2.05, 4.69) is 4.98 Å². The number of halogens is 3. The standard InChI is InChI=1S/C14H18F3N3OS2/c15-14(16,17)11-9-23-13(18-11)20-3-1-2-10(8-20)12(21)19-4-6-22-7-5-19/h9-10H,1-8H2. The minimum atomic E-state index is -4.41. The average molecular weight is 365 g/mol. The molecule has 0 aromatic carbocycles. The topological polar surface area (TPSA) is 36.4 Å². The summed E-state index contributed by atoms with van der Waals surface area (Å²) in [6.07, 6.45) is -2.80. The van der Waals surface area contributed by atoms with Crippen molar-refractivity contribution in [2.24, 2.45) is 5.92 Å². The van der Waals surface area contributed by atoms with E-state index in [1.165, 1.54) is 0 Å². The Bertz CT molecular complexity index is 558. The number of thiazole rings is 1. The Labute approximate surface area is 141 Å². The smallest absolute Gasteiger partial charge is 0.347 e. The second kappa shape index (κ2) is 6.88. The lowest BCUT2D eigenvalue weighted by Gasteiger charge is -2.36. The maximum atomic E-state index is 12.7. The van der Waals surface area contributed by atoms with Gasteiger partial charge in [0.15, 0.2) is 10.8 Å². The van der Waals surface area contributed by atoms with Crippen LogP contribution in [0.4, 0.5) is 18.3 Å². The van der Waals surface area contributed by atoms with E-state index in [0.717, 1.165) is 54.2 Å². The van der Waals surface area contributed by atoms with Crippen LogP contribution in [0.25, 0.3) is 0 Å². The van der Waals surface area contributed by atoms with Crippen LogP contribution < -0.4 is 4.90 Å². The van der Waals surface area contributed by atoms with Crippen LogP contribution >= 0.6 is 23.1 Å². The van der Waals surface area contributed by atoms with Crippen molar-refractivity contribution >= 4 is 34.1 Å². The van der Waals surface area contributed by atoms with E-state index >= 15 is 0 Å². The summed E-state index contributed by atoms with van der Waals surface area (Å²) in [4.78, 5) is 20.0. The number of alkyl halides is 3. The van der Waals surface area contributed by atoms with Gasteiger partial charge in [-0.25, -0.2) is 4.98 Å². The number of hydrogen-bond donors (Lipinski definition) is 0. The van der Waals surface area contributed by atoms with Crippen molar-refractivity contribution in [1.82, 2.24) is 9.88 Å². The van der Waals surface area contributed by atoms with Crippen LogP contribution in [0.2, 0.25) is 0 Å². The molecule has 2 fully saturated rings. The van der Waals surface area contributed by atoms with E-state index in [9.17, 15) is 18.0 Å². The maximum Gasteiger partial charge on any atom is 0.434 e. The molecule has 1 aromatic rings. The predicted molar refractivity (Wildman–Crippen MR) is 86.0 cm³/mol. The zero-order valence-corrected chi connectivity index (χ0v) is 14.1. The highest BCUT2D eigenvalue weighted by molar-refractivity contribution is 7.99.